The summed E-state index contributed by atoms with van der Waals surface area (Å²) in [6.45, 7) is 12.3. The fourth-order valence-corrected chi connectivity index (χ4v) is 2.36. The molecule has 0 aromatic carbocycles. The molecule has 0 saturated carbocycles. The standard InChI is InChI=1S/C15H32N2O2/c1-8-16-15(5,14(18)19-7)9-10-17(6)13(4)11-12(2)3/h12-13,16H,8-11H2,1-7H3. The summed E-state index contributed by atoms with van der Waals surface area (Å²) in [6.07, 6.45) is 1.93. The van der Waals surface area contributed by atoms with Gasteiger partial charge in [0.2, 0.25) is 0 Å². The van der Waals surface area contributed by atoms with Crippen LogP contribution >= 0.6 is 0 Å². The summed E-state index contributed by atoms with van der Waals surface area (Å²) in [4.78, 5) is 14.2. The normalized spacial score (nSPS) is 16.5. The number of hydrogen-bond acceptors (Lipinski definition) is 4. The number of likely N-dealkylation sites (N-methyl/N-ethyl adjacent to an activating group) is 1. The minimum absolute atomic E-state index is 0.181. The Morgan fingerprint density at radius 3 is 2.37 bits per heavy atom. The first-order chi connectivity index (χ1) is 8.76. The molecule has 4 nitrogen and oxygen atoms in total. The van der Waals surface area contributed by atoms with Crippen LogP contribution in [0.1, 0.15) is 47.5 Å². The lowest BCUT2D eigenvalue weighted by Gasteiger charge is -2.32. The molecule has 0 spiro atoms. The van der Waals surface area contributed by atoms with Gasteiger partial charge in [0.15, 0.2) is 0 Å². The highest BCUT2D eigenvalue weighted by Gasteiger charge is 2.33. The highest BCUT2D eigenvalue weighted by atomic mass is 16.5. The number of methoxy groups -OCH3 is 1. The Kier molecular flexibility index (Phi) is 8.26. The van der Waals surface area contributed by atoms with Crippen LogP contribution in [0.15, 0.2) is 0 Å². The molecular formula is C15H32N2O2. The Balaban J connectivity index is 4.43. The second-order valence-corrected chi connectivity index (χ2v) is 6.06. The minimum atomic E-state index is -0.588. The van der Waals surface area contributed by atoms with Gasteiger partial charge < -0.3 is 15.0 Å². The number of rotatable bonds is 9. The first kappa shape index (κ1) is 18.4. The molecule has 0 bridgehead atoms. The third-order valence-electron chi connectivity index (χ3n) is 3.73. The number of nitrogens with zero attached hydrogens (tertiary/aromatic N) is 1. The zero-order chi connectivity index (χ0) is 15.1. The zero-order valence-electron chi connectivity index (χ0n) is 13.7. The average Bonchev–Trinajstić information content (AvgIpc) is 2.34. The fraction of sp³-hybridized carbons (Fsp3) is 0.933. The number of esters is 1. The van der Waals surface area contributed by atoms with Crippen LogP contribution in [0.2, 0.25) is 0 Å². The summed E-state index contributed by atoms with van der Waals surface area (Å²) in [7, 11) is 3.57. The van der Waals surface area contributed by atoms with Crippen molar-refractivity contribution in [3.05, 3.63) is 0 Å². The predicted octanol–water partition coefficient (Wildman–Crippen LogP) is 2.28. The number of ether oxygens (including phenoxy) is 1. The highest BCUT2D eigenvalue weighted by molar-refractivity contribution is 5.80. The summed E-state index contributed by atoms with van der Waals surface area (Å²) in [6, 6.07) is 0.531. The molecule has 0 radical (unpaired) electrons. The second-order valence-electron chi connectivity index (χ2n) is 6.06. The molecule has 114 valence electrons. The van der Waals surface area contributed by atoms with Gasteiger partial charge in [-0.05, 0) is 46.2 Å². The van der Waals surface area contributed by atoms with Gasteiger partial charge >= 0.3 is 5.97 Å². The highest BCUT2D eigenvalue weighted by Crippen LogP contribution is 2.15. The molecule has 0 aromatic rings. The Morgan fingerprint density at radius 1 is 1.37 bits per heavy atom. The van der Waals surface area contributed by atoms with Crippen molar-refractivity contribution in [3.63, 3.8) is 0 Å². The predicted molar refractivity (Wildman–Crippen MR) is 80.3 cm³/mol. The van der Waals surface area contributed by atoms with Crippen LogP contribution in [0.4, 0.5) is 0 Å². The Hall–Kier alpha value is -0.610. The van der Waals surface area contributed by atoms with E-state index < -0.39 is 5.54 Å². The van der Waals surface area contributed by atoms with Crippen LogP contribution in [0, 0.1) is 5.92 Å². The number of hydrogen-bond donors (Lipinski definition) is 1. The number of carbonyl (C=O) groups excluding carboxylic acids is 1. The van der Waals surface area contributed by atoms with Crippen molar-refractivity contribution in [3.8, 4) is 0 Å². The molecule has 1 N–H and O–H groups in total. The molecule has 0 amide bonds. The van der Waals surface area contributed by atoms with E-state index in [1.165, 1.54) is 13.5 Å². The fourth-order valence-electron chi connectivity index (χ4n) is 2.36. The molecule has 0 rings (SSSR count). The van der Waals surface area contributed by atoms with Crippen LogP contribution in [0.5, 0.6) is 0 Å². The second kappa shape index (κ2) is 8.54. The molecule has 2 atom stereocenters. The van der Waals surface area contributed by atoms with Gasteiger partial charge in [-0.3, -0.25) is 4.79 Å². The average molecular weight is 272 g/mol. The Morgan fingerprint density at radius 2 is 1.95 bits per heavy atom. The lowest BCUT2D eigenvalue weighted by Crippen LogP contribution is -2.52. The van der Waals surface area contributed by atoms with Gasteiger partial charge in [-0.1, -0.05) is 20.8 Å². The van der Waals surface area contributed by atoms with Gasteiger partial charge in [0.1, 0.15) is 5.54 Å². The van der Waals surface area contributed by atoms with Crippen LogP contribution in [-0.4, -0.2) is 49.7 Å². The molecule has 0 heterocycles. The van der Waals surface area contributed by atoms with Crippen molar-refractivity contribution in [1.29, 1.82) is 0 Å². The van der Waals surface area contributed by atoms with Gasteiger partial charge in [-0.15, -0.1) is 0 Å². The summed E-state index contributed by atoms with van der Waals surface area (Å²) in [5, 5.41) is 3.24. The van der Waals surface area contributed by atoms with E-state index in [0.29, 0.717) is 12.0 Å². The molecule has 0 aromatic heterocycles. The van der Waals surface area contributed by atoms with Crippen molar-refractivity contribution < 1.29 is 9.53 Å². The molecule has 4 heteroatoms. The van der Waals surface area contributed by atoms with Crippen molar-refractivity contribution in [2.75, 3.05) is 27.2 Å². The molecule has 0 fully saturated rings. The first-order valence-electron chi connectivity index (χ1n) is 7.30. The maximum absolute atomic E-state index is 11.9. The maximum atomic E-state index is 11.9. The van der Waals surface area contributed by atoms with Gasteiger partial charge in [-0.2, -0.15) is 0 Å². The van der Waals surface area contributed by atoms with Crippen molar-refractivity contribution in [2.24, 2.45) is 5.92 Å². The lowest BCUT2D eigenvalue weighted by molar-refractivity contribution is -0.148. The van der Waals surface area contributed by atoms with E-state index >= 15 is 0 Å². The van der Waals surface area contributed by atoms with Crippen LogP contribution in [0.25, 0.3) is 0 Å². The first-order valence-corrected chi connectivity index (χ1v) is 7.30. The summed E-state index contributed by atoms with van der Waals surface area (Å²) in [5.41, 5.74) is -0.588. The van der Waals surface area contributed by atoms with E-state index in [2.05, 4.69) is 38.0 Å². The Labute approximate surface area is 118 Å². The van der Waals surface area contributed by atoms with Gasteiger partial charge in [0.05, 0.1) is 7.11 Å². The van der Waals surface area contributed by atoms with Crippen LogP contribution in [0.3, 0.4) is 0 Å². The zero-order valence-corrected chi connectivity index (χ0v) is 13.7. The molecular weight excluding hydrogens is 240 g/mol. The van der Waals surface area contributed by atoms with E-state index in [0.717, 1.165) is 19.5 Å². The molecule has 19 heavy (non-hydrogen) atoms. The summed E-state index contributed by atoms with van der Waals surface area (Å²) >= 11 is 0. The van der Waals surface area contributed by atoms with Crippen LogP contribution < -0.4 is 5.32 Å². The largest absolute Gasteiger partial charge is 0.468 e. The maximum Gasteiger partial charge on any atom is 0.325 e. The van der Waals surface area contributed by atoms with Crippen LogP contribution in [-0.2, 0) is 9.53 Å². The molecule has 0 aliphatic rings. The topological polar surface area (TPSA) is 41.6 Å². The van der Waals surface area contributed by atoms with E-state index in [9.17, 15) is 4.79 Å². The number of nitrogens with one attached hydrogen (secondary N) is 1. The smallest absolute Gasteiger partial charge is 0.325 e. The van der Waals surface area contributed by atoms with Gasteiger partial charge in [0.25, 0.3) is 0 Å². The monoisotopic (exact) mass is 272 g/mol. The minimum Gasteiger partial charge on any atom is -0.468 e. The van der Waals surface area contributed by atoms with E-state index in [-0.39, 0.29) is 5.97 Å². The third-order valence-corrected chi connectivity index (χ3v) is 3.73. The lowest BCUT2D eigenvalue weighted by atomic mass is 9.96. The van der Waals surface area contributed by atoms with E-state index in [1.54, 1.807) is 0 Å². The quantitative estimate of drug-likeness (QED) is 0.654. The van der Waals surface area contributed by atoms with Crippen molar-refractivity contribution in [2.45, 2.75) is 59.0 Å². The number of carbonyl (C=O) groups is 1. The third kappa shape index (κ3) is 6.39. The van der Waals surface area contributed by atoms with Gasteiger partial charge in [0, 0.05) is 12.6 Å². The molecule has 2 unspecified atom stereocenters. The Bertz CT molecular complexity index is 269. The van der Waals surface area contributed by atoms with E-state index in [1.807, 2.05) is 13.8 Å². The SMILES string of the molecule is CCNC(C)(CCN(C)C(C)CC(C)C)C(=O)OC. The van der Waals surface area contributed by atoms with E-state index in [4.69, 9.17) is 4.74 Å². The molecule has 0 aliphatic heterocycles. The van der Waals surface area contributed by atoms with Crippen molar-refractivity contribution in [1.82, 2.24) is 10.2 Å². The molecule has 0 saturated heterocycles. The summed E-state index contributed by atoms with van der Waals surface area (Å²) in [5.74, 6) is 0.512. The molecule has 0 aliphatic carbocycles. The summed E-state index contributed by atoms with van der Waals surface area (Å²) < 4.78 is 4.91. The van der Waals surface area contributed by atoms with Crippen molar-refractivity contribution >= 4 is 5.97 Å². The van der Waals surface area contributed by atoms with Gasteiger partial charge in [-0.25, -0.2) is 0 Å².